The van der Waals surface area contributed by atoms with Crippen molar-refractivity contribution < 1.29 is 18.0 Å². The molecular formula is C28H31BrClN3O4S. The third-order valence-electron chi connectivity index (χ3n) is 5.85. The first-order valence-corrected chi connectivity index (χ1v) is 14.8. The Bertz CT molecular complexity index is 1350. The Morgan fingerprint density at radius 3 is 2.13 bits per heavy atom. The number of hydrogen-bond acceptors (Lipinski definition) is 4. The first-order chi connectivity index (χ1) is 18.0. The number of carbonyl (C=O) groups excluding carboxylic acids is 2. The quantitative estimate of drug-likeness (QED) is 0.307. The summed E-state index contributed by atoms with van der Waals surface area (Å²) in [5.74, 6) is -0.632. The molecule has 0 radical (unpaired) electrons. The van der Waals surface area contributed by atoms with Gasteiger partial charge in [-0.05, 0) is 54.8 Å². The van der Waals surface area contributed by atoms with Gasteiger partial charge in [-0.3, -0.25) is 13.9 Å². The van der Waals surface area contributed by atoms with Crippen LogP contribution in [0, 0.1) is 5.92 Å². The molecule has 0 bridgehead atoms. The molecular weight excluding hydrogens is 590 g/mol. The Morgan fingerprint density at radius 1 is 0.921 bits per heavy atom. The maximum absolute atomic E-state index is 13.9. The average Bonchev–Trinajstić information content (AvgIpc) is 2.90. The highest BCUT2D eigenvalue weighted by atomic mass is 79.9. The fourth-order valence-corrected chi connectivity index (χ4v) is 5.71. The second kappa shape index (κ2) is 13.3. The van der Waals surface area contributed by atoms with E-state index in [0.29, 0.717) is 6.54 Å². The summed E-state index contributed by atoms with van der Waals surface area (Å²) in [4.78, 5) is 28.3. The maximum atomic E-state index is 13.9. The SMILES string of the molecule is CC(C)CNC(=O)[C@@H](C)N(Cc1ccc(Br)cc1)C(=O)CN(c1ccccc1Cl)S(=O)(=O)c1ccccc1. The maximum Gasteiger partial charge on any atom is 0.264 e. The van der Waals surface area contributed by atoms with E-state index in [2.05, 4.69) is 21.2 Å². The largest absolute Gasteiger partial charge is 0.354 e. The highest BCUT2D eigenvalue weighted by Crippen LogP contribution is 2.30. The molecule has 2 amide bonds. The fourth-order valence-electron chi connectivity index (χ4n) is 3.71. The van der Waals surface area contributed by atoms with Crippen molar-refractivity contribution in [3.8, 4) is 0 Å². The minimum absolute atomic E-state index is 0.0231. The number of halogens is 2. The van der Waals surface area contributed by atoms with Crippen molar-refractivity contribution in [3.05, 3.63) is 93.9 Å². The predicted molar refractivity (Wildman–Crippen MR) is 154 cm³/mol. The zero-order chi connectivity index (χ0) is 27.9. The number of benzene rings is 3. The fraction of sp³-hybridized carbons (Fsp3) is 0.286. The van der Waals surface area contributed by atoms with Crippen LogP contribution < -0.4 is 9.62 Å². The van der Waals surface area contributed by atoms with Gasteiger partial charge in [0.25, 0.3) is 10.0 Å². The third-order valence-corrected chi connectivity index (χ3v) is 8.47. The van der Waals surface area contributed by atoms with Gasteiger partial charge < -0.3 is 10.2 Å². The molecule has 3 aromatic rings. The van der Waals surface area contributed by atoms with Crippen LogP contribution in [0.25, 0.3) is 0 Å². The van der Waals surface area contributed by atoms with E-state index in [-0.39, 0.29) is 34.0 Å². The predicted octanol–water partition coefficient (Wildman–Crippen LogP) is 5.49. The van der Waals surface area contributed by atoms with E-state index in [4.69, 9.17) is 11.6 Å². The number of nitrogens with one attached hydrogen (secondary N) is 1. The molecule has 1 N–H and O–H groups in total. The van der Waals surface area contributed by atoms with E-state index in [1.807, 2.05) is 38.1 Å². The van der Waals surface area contributed by atoms with Crippen LogP contribution >= 0.6 is 27.5 Å². The summed E-state index contributed by atoms with van der Waals surface area (Å²) < 4.78 is 29.3. The zero-order valence-electron chi connectivity index (χ0n) is 21.5. The molecule has 0 heterocycles. The molecule has 3 aromatic carbocycles. The summed E-state index contributed by atoms with van der Waals surface area (Å²) in [5.41, 5.74) is 0.965. The van der Waals surface area contributed by atoms with Crippen molar-refractivity contribution in [2.75, 3.05) is 17.4 Å². The number of rotatable bonds is 11. The van der Waals surface area contributed by atoms with Gasteiger partial charge in [0.1, 0.15) is 12.6 Å². The molecule has 0 aliphatic rings. The second-order valence-corrected chi connectivity index (χ2v) is 12.4. The van der Waals surface area contributed by atoms with E-state index in [1.165, 1.54) is 17.0 Å². The van der Waals surface area contributed by atoms with Gasteiger partial charge in [-0.1, -0.05) is 83.8 Å². The van der Waals surface area contributed by atoms with E-state index in [1.54, 1.807) is 49.4 Å². The van der Waals surface area contributed by atoms with Gasteiger partial charge >= 0.3 is 0 Å². The Hall–Kier alpha value is -2.88. The summed E-state index contributed by atoms with van der Waals surface area (Å²) >= 11 is 9.81. The minimum atomic E-state index is -4.16. The Morgan fingerprint density at radius 2 is 1.53 bits per heavy atom. The van der Waals surface area contributed by atoms with Gasteiger partial charge in [-0.2, -0.15) is 0 Å². The number of amides is 2. The van der Waals surface area contributed by atoms with E-state index in [0.717, 1.165) is 14.3 Å². The molecule has 0 aliphatic carbocycles. The minimum Gasteiger partial charge on any atom is -0.354 e. The van der Waals surface area contributed by atoms with Crippen LogP contribution in [0.3, 0.4) is 0 Å². The van der Waals surface area contributed by atoms with Crippen molar-refractivity contribution in [2.45, 2.75) is 38.3 Å². The highest BCUT2D eigenvalue weighted by molar-refractivity contribution is 9.10. The molecule has 10 heteroatoms. The molecule has 7 nitrogen and oxygen atoms in total. The lowest BCUT2D eigenvalue weighted by Gasteiger charge is -2.32. The first-order valence-electron chi connectivity index (χ1n) is 12.1. The summed E-state index contributed by atoms with van der Waals surface area (Å²) in [6, 6.07) is 20.8. The molecule has 202 valence electrons. The van der Waals surface area contributed by atoms with Crippen LogP contribution in [0.5, 0.6) is 0 Å². The van der Waals surface area contributed by atoms with E-state index in [9.17, 15) is 18.0 Å². The van der Waals surface area contributed by atoms with Crippen molar-refractivity contribution in [1.29, 1.82) is 0 Å². The van der Waals surface area contributed by atoms with Gasteiger partial charge in [0.2, 0.25) is 11.8 Å². The molecule has 0 aliphatic heterocycles. The summed E-state index contributed by atoms with van der Waals surface area (Å²) in [7, 11) is -4.16. The number of nitrogens with zero attached hydrogens (tertiary/aromatic N) is 2. The van der Waals surface area contributed by atoms with Crippen LogP contribution in [0.4, 0.5) is 5.69 Å². The normalized spacial score (nSPS) is 12.2. The van der Waals surface area contributed by atoms with E-state index >= 15 is 0 Å². The number of carbonyl (C=O) groups is 2. The average molecular weight is 621 g/mol. The molecule has 0 fully saturated rings. The molecule has 0 aromatic heterocycles. The zero-order valence-corrected chi connectivity index (χ0v) is 24.6. The summed E-state index contributed by atoms with van der Waals surface area (Å²) in [6.07, 6.45) is 0. The van der Waals surface area contributed by atoms with Crippen LogP contribution in [0.2, 0.25) is 5.02 Å². The van der Waals surface area contributed by atoms with Crippen molar-refractivity contribution in [1.82, 2.24) is 10.2 Å². The lowest BCUT2D eigenvalue weighted by Crippen LogP contribution is -2.51. The van der Waals surface area contributed by atoms with Crippen LogP contribution in [-0.2, 0) is 26.2 Å². The monoisotopic (exact) mass is 619 g/mol. The van der Waals surface area contributed by atoms with Crippen molar-refractivity contribution in [3.63, 3.8) is 0 Å². The van der Waals surface area contributed by atoms with E-state index < -0.39 is 28.5 Å². The lowest BCUT2D eigenvalue weighted by atomic mass is 10.1. The number of hydrogen-bond donors (Lipinski definition) is 1. The van der Waals surface area contributed by atoms with Gasteiger partial charge in [0, 0.05) is 17.6 Å². The van der Waals surface area contributed by atoms with Crippen molar-refractivity contribution in [2.24, 2.45) is 5.92 Å². The van der Waals surface area contributed by atoms with Gasteiger partial charge in [0.05, 0.1) is 15.6 Å². The molecule has 1 atom stereocenters. The molecule has 0 saturated heterocycles. The van der Waals surface area contributed by atoms with Gasteiger partial charge in [-0.25, -0.2) is 8.42 Å². The molecule has 38 heavy (non-hydrogen) atoms. The van der Waals surface area contributed by atoms with Crippen LogP contribution in [0.15, 0.2) is 88.2 Å². The molecule has 0 saturated carbocycles. The lowest BCUT2D eigenvalue weighted by molar-refractivity contribution is -0.139. The Kier molecular flexibility index (Phi) is 10.4. The molecule has 3 rings (SSSR count). The topological polar surface area (TPSA) is 86.8 Å². The van der Waals surface area contributed by atoms with Crippen LogP contribution in [-0.4, -0.2) is 44.3 Å². The van der Waals surface area contributed by atoms with Gasteiger partial charge in [0.15, 0.2) is 0 Å². The first kappa shape index (κ1) is 29.7. The van der Waals surface area contributed by atoms with Crippen LogP contribution in [0.1, 0.15) is 26.3 Å². The van der Waals surface area contributed by atoms with Crippen molar-refractivity contribution >= 4 is 55.1 Å². The highest BCUT2D eigenvalue weighted by Gasteiger charge is 2.33. The molecule has 0 unspecified atom stereocenters. The Labute approximate surface area is 238 Å². The number of anilines is 1. The summed E-state index contributed by atoms with van der Waals surface area (Å²) in [6.45, 7) is 5.62. The standard InChI is InChI=1S/C28H31BrClN3O4S/c1-20(2)17-31-28(35)21(3)32(18-22-13-15-23(29)16-14-22)27(34)19-33(26-12-8-7-11-25(26)30)38(36,37)24-9-5-4-6-10-24/h4-16,20-21H,17-19H2,1-3H3,(H,31,35)/t21-/m1/s1. The Balaban J connectivity index is 2.00. The number of sulfonamides is 1. The van der Waals surface area contributed by atoms with Gasteiger partial charge in [-0.15, -0.1) is 0 Å². The third kappa shape index (κ3) is 7.58. The summed E-state index contributed by atoms with van der Waals surface area (Å²) in [5, 5.41) is 3.05. The number of para-hydroxylation sites is 1. The second-order valence-electron chi connectivity index (χ2n) is 9.24. The smallest absolute Gasteiger partial charge is 0.264 e. The molecule has 0 spiro atoms.